The van der Waals surface area contributed by atoms with Crippen molar-refractivity contribution in [3.63, 3.8) is 0 Å². The Bertz CT molecular complexity index is 317. The highest BCUT2D eigenvalue weighted by molar-refractivity contribution is 5.86. The fraction of sp³-hybridized carbons (Fsp3) is 0.727. The first-order chi connectivity index (χ1) is 8.27. The SMILES string of the molecule is CCN(CC(N)=O)C(=O)N[C@@H](CC(C)C)C(=O)O. The van der Waals surface area contributed by atoms with Crippen LogP contribution in [0.3, 0.4) is 0 Å². The molecule has 0 radical (unpaired) electrons. The summed E-state index contributed by atoms with van der Waals surface area (Å²) in [4.78, 5) is 34.6. The first kappa shape index (κ1) is 16.2. The fourth-order valence-electron chi connectivity index (χ4n) is 1.45. The number of nitrogens with one attached hydrogen (secondary N) is 1. The van der Waals surface area contributed by atoms with E-state index >= 15 is 0 Å². The van der Waals surface area contributed by atoms with Gasteiger partial charge in [0.05, 0.1) is 0 Å². The van der Waals surface area contributed by atoms with Crippen molar-refractivity contribution in [3.05, 3.63) is 0 Å². The molecular formula is C11H21N3O4. The van der Waals surface area contributed by atoms with Gasteiger partial charge in [-0.1, -0.05) is 13.8 Å². The average Bonchev–Trinajstić information content (AvgIpc) is 2.23. The van der Waals surface area contributed by atoms with Crippen LogP contribution in [0.2, 0.25) is 0 Å². The maximum atomic E-state index is 11.7. The number of primary amides is 1. The Kier molecular flexibility index (Phi) is 6.77. The van der Waals surface area contributed by atoms with E-state index in [2.05, 4.69) is 5.32 Å². The van der Waals surface area contributed by atoms with E-state index in [0.29, 0.717) is 6.42 Å². The molecule has 0 spiro atoms. The third kappa shape index (κ3) is 6.07. The van der Waals surface area contributed by atoms with Crippen molar-refractivity contribution in [2.24, 2.45) is 11.7 Å². The number of nitrogens with zero attached hydrogens (tertiary/aromatic N) is 1. The number of amides is 3. The lowest BCUT2D eigenvalue weighted by atomic mass is 10.0. The molecule has 0 aliphatic carbocycles. The monoisotopic (exact) mass is 259 g/mol. The number of likely N-dealkylation sites (N-methyl/N-ethyl adjacent to an activating group) is 1. The highest BCUT2D eigenvalue weighted by atomic mass is 16.4. The largest absolute Gasteiger partial charge is 0.480 e. The zero-order chi connectivity index (χ0) is 14.3. The van der Waals surface area contributed by atoms with Crippen LogP contribution in [-0.2, 0) is 9.59 Å². The molecule has 104 valence electrons. The highest BCUT2D eigenvalue weighted by Gasteiger charge is 2.23. The van der Waals surface area contributed by atoms with Crippen LogP contribution in [0.15, 0.2) is 0 Å². The predicted molar refractivity (Wildman–Crippen MR) is 65.9 cm³/mol. The van der Waals surface area contributed by atoms with Gasteiger partial charge in [0.1, 0.15) is 12.6 Å². The van der Waals surface area contributed by atoms with Gasteiger partial charge in [0, 0.05) is 6.54 Å². The first-order valence-corrected chi connectivity index (χ1v) is 5.84. The maximum absolute atomic E-state index is 11.7. The molecule has 0 bridgehead atoms. The van der Waals surface area contributed by atoms with Crippen LogP contribution in [0.5, 0.6) is 0 Å². The molecule has 0 aliphatic rings. The van der Waals surface area contributed by atoms with Gasteiger partial charge in [-0.05, 0) is 19.3 Å². The van der Waals surface area contributed by atoms with Gasteiger partial charge in [0.2, 0.25) is 5.91 Å². The van der Waals surface area contributed by atoms with Crippen molar-refractivity contribution >= 4 is 17.9 Å². The van der Waals surface area contributed by atoms with Gasteiger partial charge in [0.15, 0.2) is 0 Å². The van der Waals surface area contributed by atoms with E-state index in [0.717, 1.165) is 0 Å². The molecule has 1 atom stereocenters. The third-order valence-electron chi connectivity index (χ3n) is 2.32. The highest BCUT2D eigenvalue weighted by Crippen LogP contribution is 2.05. The summed E-state index contributed by atoms with van der Waals surface area (Å²) >= 11 is 0. The van der Waals surface area contributed by atoms with Crippen molar-refractivity contribution in [1.82, 2.24) is 10.2 Å². The molecule has 7 heteroatoms. The number of rotatable bonds is 7. The van der Waals surface area contributed by atoms with Crippen LogP contribution in [0.4, 0.5) is 4.79 Å². The molecule has 7 nitrogen and oxygen atoms in total. The molecule has 4 N–H and O–H groups in total. The molecule has 0 heterocycles. The van der Waals surface area contributed by atoms with Gasteiger partial charge < -0.3 is 21.1 Å². The number of hydrogen-bond acceptors (Lipinski definition) is 3. The molecule has 0 aromatic carbocycles. The van der Waals surface area contributed by atoms with Crippen LogP contribution in [0, 0.1) is 5.92 Å². The molecule has 0 aromatic rings. The third-order valence-corrected chi connectivity index (χ3v) is 2.32. The predicted octanol–water partition coefficient (Wildman–Crippen LogP) is 0.00250. The Labute approximate surface area is 106 Å². The summed E-state index contributed by atoms with van der Waals surface area (Å²) in [6.07, 6.45) is 0.329. The number of carboxylic acids is 1. The Morgan fingerprint density at radius 2 is 1.89 bits per heavy atom. The molecule has 0 aromatic heterocycles. The van der Waals surface area contributed by atoms with Gasteiger partial charge in [-0.25, -0.2) is 9.59 Å². The molecule has 0 saturated heterocycles. The normalized spacial score (nSPS) is 12.0. The second-order valence-corrected chi connectivity index (χ2v) is 4.45. The van der Waals surface area contributed by atoms with Gasteiger partial charge in [-0.2, -0.15) is 0 Å². The average molecular weight is 259 g/mol. The van der Waals surface area contributed by atoms with Crippen LogP contribution in [-0.4, -0.2) is 47.0 Å². The number of urea groups is 1. The maximum Gasteiger partial charge on any atom is 0.326 e. The minimum Gasteiger partial charge on any atom is -0.480 e. The summed E-state index contributed by atoms with van der Waals surface area (Å²) in [6, 6.07) is -1.55. The number of carbonyl (C=O) groups excluding carboxylic acids is 2. The van der Waals surface area contributed by atoms with E-state index in [4.69, 9.17) is 10.8 Å². The quantitative estimate of drug-likeness (QED) is 0.597. The zero-order valence-corrected chi connectivity index (χ0v) is 11.0. The smallest absolute Gasteiger partial charge is 0.326 e. The van der Waals surface area contributed by atoms with Crippen molar-refractivity contribution < 1.29 is 19.5 Å². The van der Waals surface area contributed by atoms with Crippen LogP contribution in [0.1, 0.15) is 27.2 Å². The molecule has 0 saturated carbocycles. The fourth-order valence-corrected chi connectivity index (χ4v) is 1.45. The van der Waals surface area contributed by atoms with E-state index in [1.165, 1.54) is 4.90 Å². The second kappa shape index (κ2) is 7.52. The zero-order valence-electron chi connectivity index (χ0n) is 11.0. The van der Waals surface area contributed by atoms with E-state index in [1.807, 2.05) is 13.8 Å². The first-order valence-electron chi connectivity index (χ1n) is 5.84. The van der Waals surface area contributed by atoms with Crippen molar-refractivity contribution in [1.29, 1.82) is 0 Å². The van der Waals surface area contributed by atoms with Crippen LogP contribution < -0.4 is 11.1 Å². The molecule has 0 fully saturated rings. The molecule has 18 heavy (non-hydrogen) atoms. The number of carboxylic acid groups (broad SMARTS) is 1. The minimum absolute atomic E-state index is 0.137. The Morgan fingerprint density at radius 1 is 1.33 bits per heavy atom. The van der Waals surface area contributed by atoms with Gasteiger partial charge >= 0.3 is 12.0 Å². The minimum atomic E-state index is -1.09. The summed E-state index contributed by atoms with van der Waals surface area (Å²) in [7, 11) is 0. The lowest BCUT2D eigenvalue weighted by Gasteiger charge is -2.23. The molecular weight excluding hydrogens is 238 g/mol. The van der Waals surface area contributed by atoms with Crippen LogP contribution in [0.25, 0.3) is 0 Å². The Balaban J connectivity index is 4.56. The molecule has 0 aliphatic heterocycles. The van der Waals surface area contributed by atoms with E-state index in [-0.39, 0.29) is 19.0 Å². The molecule has 0 unspecified atom stereocenters. The summed E-state index contributed by atoms with van der Waals surface area (Å²) < 4.78 is 0. The Hall–Kier alpha value is -1.79. The summed E-state index contributed by atoms with van der Waals surface area (Å²) in [5.41, 5.74) is 5.00. The lowest BCUT2D eigenvalue weighted by molar-refractivity contribution is -0.139. The number of hydrogen-bond donors (Lipinski definition) is 3. The number of nitrogens with two attached hydrogens (primary N) is 1. The standard InChI is InChI=1S/C11H21N3O4/c1-4-14(6-9(12)15)11(18)13-8(10(16)17)5-7(2)3/h7-8H,4-6H2,1-3H3,(H2,12,15)(H,13,18)(H,16,17)/t8-/m0/s1. The van der Waals surface area contributed by atoms with E-state index in [9.17, 15) is 14.4 Å². The summed E-state index contributed by atoms with van der Waals surface area (Å²) in [6.45, 7) is 5.46. The number of aliphatic carboxylic acids is 1. The Morgan fingerprint density at radius 3 is 2.22 bits per heavy atom. The van der Waals surface area contributed by atoms with Gasteiger partial charge in [-0.15, -0.1) is 0 Å². The van der Waals surface area contributed by atoms with Crippen molar-refractivity contribution in [2.45, 2.75) is 33.2 Å². The second-order valence-electron chi connectivity index (χ2n) is 4.45. The topological polar surface area (TPSA) is 113 Å². The molecule has 3 amide bonds. The van der Waals surface area contributed by atoms with E-state index in [1.54, 1.807) is 6.92 Å². The van der Waals surface area contributed by atoms with Crippen molar-refractivity contribution in [3.8, 4) is 0 Å². The summed E-state index contributed by atoms with van der Waals surface area (Å²) in [5, 5.41) is 11.4. The number of carbonyl (C=O) groups is 3. The van der Waals surface area contributed by atoms with Gasteiger partial charge in [0.25, 0.3) is 0 Å². The lowest BCUT2D eigenvalue weighted by Crippen LogP contribution is -2.50. The van der Waals surface area contributed by atoms with Gasteiger partial charge in [-0.3, -0.25) is 4.79 Å². The summed E-state index contributed by atoms with van der Waals surface area (Å²) in [5.74, 6) is -1.59. The van der Waals surface area contributed by atoms with Crippen LogP contribution >= 0.6 is 0 Å². The van der Waals surface area contributed by atoms with Crippen molar-refractivity contribution in [2.75, 3.05) is 13.1 Å². The van der Waals surface area contributed by atoms with E-state index < -0.39 is 23.9 Å². The molecule has 0 rings (SSSR count).